The van der Waals surface area contributed by atoms with Crippen molar-refractivity contribution in [2.45, 2.75) is 20.1 Å². The summed E-state index contributed by atoms with van der Waals surface area (Å²) in [7, 11) is 0. The fourth-order valence-corrected chi connectivity index (χ4v) is 2.33. The molecule has 0 aliphatic carbocycles. The van der Waals surface area contributed by atoms with Crippen molar-refractivity contribution in [1.29, 1.82) is 0 Å². The third-order valence-electron chi connectivity index (χ3n) is 3.94. The topological polar surface area (TPSA) is 82.1 Å². The molecule has 2 aromatic carbocycles. The largest absolute Gasteiger partial charge is 0.460 e. The lowest BCUT2D eigenvalue weighted by atomic mass is 10.0. The number of esters is 2. The molecule has 7 heteroatoms. The summed E-state index contributed by atoms with van der Waals surface area (Å²) in [6, 6.07) is 10.5. The van der Waals surface area contributed by atoms with Gasteiger partial charge in [-0.2, -0.15) is 0 Å². The van der Waals surface area contributed by atoms with Gasteiger partial charge < -0.3 is 19.3 Å². The second kappa shape index (κ2) is 10.5. The molecule has 0 fully saturated rings. The maximum Gasteiger partial charge on any atom is 0.338 e. The number of hydrogen-bond acceptors (Lipinski definition) is 6. The van der Waals surface area contributed by atoms with Crippen molar-refractivity contribution in [3.8, 4) is 16.9 Å². The molecule has 0 heterocycles. The molecule has 6 nitrogen and oxygen atoms in total. The van der Waals surface area contributed by atoms with Crippen LogP contribution in [0.3, 0.4) is 0 Å². The molecule has 0 saturated carbocycles. The van der Waals surface area contributed by atoms with Gasteiger partial charge in [0.15, 0.2) is 6.29 Å². The van der Waals surface area contributed by atoms with Crippen molar-refractivity contribution in [2.75, 3.05) is 13.2 Å². The number of aliphatic hydroxyl groups is 1. The van der Waals surface area contributed by atoms with Crippen molar-refractivity contribution in [3.63, 3.8) is 0 Å². The quantitative estimate of drug-likeness (QED) is 0.219. The van der Waals surface area contributed by atoms with E-state index in [4.69, 9.17) is 14.2 Å². The number of halogens is 1. The second-order valence-corrected chi connectivity index (χ2v) is 6.57. The summed E-state index contributed by atoms with van der Waals surface area (Å²) in [5, 5.41) is 10.0. The summed E-state index contributed by atoms with van der Waals surface area (Å²) in [6.07, 6.45) is -1.37. The lowest BCUT2D eigenvalue weighted by Gasteiger charge is -2.14. The Morgan fingerprint density at radius 2 is 1.63 bits per heavy atom. The first kappa shape index (κ1) is 23.0. The van der Waals surface area contributed by atoms with Gasteiger partial charge in [-0.1, -0.05) is 37.4 Å². The SMILES string of the molecule is C=C(C)C(=O)OCCOC(O)c1ccc(-c2ccc(OC(=O)C(=C)C)cc2)c(F)c1. The van der Waals surface area contributed by atoms with Gasteiger partial charge in [-0.05, 0) is 37.6 Å². The van der Waals surface area contributed by atoms with Gasteiger partial charge in [0.2, 0.25) is 0 Å². The van der Waals surface area contributed by atoms with E-state index in [2.05, 4.69) is 13.2 Å². The number of hydrogen-bond donors (Lipinski definition) is 1. The summed E-state index contributed by atoms with van der Waals surface area (Å²) in [4.78, 5) is 22.8. The minimum Gasteiger partial charge on any atom is -0.460 e. The van der Waals surface area contributed by atoms with E-state index in [1.807, 2.05) is 0 Å². The maximum atomic E-state index is 14.6. The number of carbonyl (C=O) groups is 2. The van der Waals surface area contributed by atoms with E-state index < -0.39 is 24.0 Å². The van der Waals surface area contributed by atoms with Crippen LogP contribution in [0, 0.1) is 5.82 Å². The maximum absolute atomic E-state index is 14.6. The molecule has 0 aromatic heterocycles. The van der Waals surface area contributed by atoms with E-state index in [9.17, 15) is 19.1 Å². The molecule has 1 N–H and O–H groups in total. The zero-order chi connectivity index (χ0) is 22.3. The Kier molecular flexibility index (Phi) is 8.03. The predicted molar refractivity (Wildman–Crippen MR) is 109 cm³/mol. The van der Waals surface area contributed by atoms with Crippen LogP contribution in [0.5, 0.6) is 5.75 Å². The Bertz CT molecular complexity index is 949. The molecule has 1 atom stereocenters. The zero-order valence-corrected chi connectivity index (χ0v) is 16.8. The number of rotatable bonds is 9. The van der Waals surface area contributed by atoms with Gasteiger partial charge >= 0.3 is 11.9 Å². The lowest BCUT2D eigenvalue weighted by Crippen LogP contribution is -2.13. The monoisotopic (exact) mass is 414 g/mol. The molecular weight excluding hydrogens is 391 g/mol. The average molecular weight is 414 g/mol. The molecule has 1 unspecified atom stereocenters. The van der Waals surface area contributed by atoms with Crippen molar-refractivity contribution in [3.05, 3.63) is 78.1 Å². The first-order valence-electron chi connectivity index (χ1n) is 9.09. The molecule has 0 radical (unpaired) electrons. The third kappa shape index (κ3) is 6.37. The normalized spacial score (nSPS) is 11.5. The number of benzene rings is 2. The highest BCUT2D eigenvalue weighted by Gasteiger charge is 2.13. The van der Waals surface area contributed by atoms with Gasteiger partial charge in [-0.25, -0.2) is 14.0 Å². The molecule has 0 saturated heterocycles. The van der Waals surface area contributed by atoms with E-state index in [0.717, 1.165) is 6.07 Å². The Morgan fingerprint density at radius 3 is 2.20 bits per heavy atom. The highest BCUT2D eigenvalue weighted by Crippen LogP contribution is 2.28. The van der Waals surface area contributed by atoms with Crippen LogP contribution in [0.4, 0.5) is 4.39 Å². The highest BCUT2D eigenvalue weighted by atomic mass is 19.1. The predicted octanol–water partition coefficient (Wildman–Crippen LogP) is 4.10. The first-order valence-corrected chi connectivity index (χ1v) is 9.09. The molecule has 0 aliphatic rings. The van der Waals surface area contributed by atoms with Gasteiger partial charge in [0.1, 0.15) is 18.2 Å². The van der Waals surface area contributed by atoms with Crippen molar-refractivity contribution >= 4 is 11.9 Å². The fraction of sp³-hybridized carbons (Fsp3) is 0.217. The van der Waals surface area contributed by atoms with E-state index in [0.29, 0.717) is 16.9 Å². The Balaban J connectivity index is 1.99. The molecule has 30 heavy (non-hydrogen) atoms. The van der Waals surface area contributed by atoms with Crippen LogP contribution in [0.1, 0.15) is 25.7 Å². The standard InChI is InChI=1S/C23H23FO6/c1-14(2)21(25)28-11-12-29-23(27)17-7-10-19(20(24)13-17)16-5-8-18(9-6-16)30-22(26)15(3)4/h5-10,13,23,27H,1,3,11-12H2,2,4H3. The van der Waals surface area contributed by atoms with E-state index in [1.54, 1.807) is 31.2 Å². The Labute approximate surface area is 174 Å². The van der Waals surface area contributed by atoms with Crippen LogP contribution in [-0.4, -0.2) is 30.3 Å². The molecule has 0 amide bonds. The van der Waals surface area contributed by atoms with Crippen LogP contribution in [0.25, 0.3) is 11.1 Å². The summed E-state index contributed by atoms with van der Waals surface area (Å²) in [6.45, 7) is 9.90. The third-order valence-corrected chi connectivity index (χ3v) is 3.94. The first-order chi connectivity index (χ1) is 14.2. The molecular formula is C23H23FO6. The highest BCUT2D eigenvalue weighted by molar-refractivity contribution is 5.88. The number of aliphatic hydroxyl groups excluding tert-OH is 1. The van der Waals surface area contributed by atoms with Gasteiger partial charge in [-0.3, -0.25) is 0 Å². The van der Waals surface area contributed by atoms with E-state index in [1.165, 1.54) is 19.1 Å². The second-order valence-electron chi connectivity index (χ2n) is 6.57. The molecule has 0 bridgehead atoms. The van der Waals surface area contributed by atoms with Gasteiger partial charge in [0.25, 0.3) is 0 Å². The minimum atomic E-state index is -1.37. The van der Waals surface area contributed by atoms with Crippen LogP contribution < -0.4 is 4.74 Å². The number of carbonyl (C=O) groups excluding carboxylic acids is 2. The summed E-state index contributed by atoms with van der Waals surface area (Å²) >= 11 is 0. The van der Waals surface area contributed by atoms with Crippen molar-refractivity contribution in [2.24, 2.45) is 0 Å². The van der Waals surface area contributed by atoms with E-state index >= 15 is 0 Å². The van der Waals surface area contributed by atoms with Gasteiger partial charge in [-0.15, -0.1) is 0 Å². The van der Waals surface area contributed by atoms with Crippen LogP contribution in [-0.2, 0) is 19.1 Å². The average Bonchev–Trinajstić information content (AvgIpc) is 2.71. The lowest BCUT2D eigenvalue weighted by molar-refractivity contribution is -0.147. The summed E-state index contributed by atoms with van der Waals surface area (Å²) < 4.78 is 29.7. The van der Waals surface area contributed by atoms with Gasteiger partial charge in [0, 0.05) is 22.3 Å². The molecule has 2 rings (SSSR count). The van der Waals surface area contributed by atoms with Crippen molar-refractivity contribution in [1.82, 2.24) is 0 Å². The summed E-state index contributed by atoms with van der Waals surface area (Å²) in [5.41, 5.74) is 1.62. The van der Waals surface area contributed by atoms with Crippen molar-refractivity contribution < 1.29 is 33.3 Å². The molecule has 0 aliphatic heterocycles. The molecule has 158 valence electrons. The number of ether oxygens (including phenoxy) is 3. The zero-order valence-electron chi connectivity index (χ0n) is 16.8. The van der Waals surface area contributed by atoms with Crippen LogP contribution >= 0.6 is 0 Å². The minimum absolute atomic E-state index is 0.0616. The Morgan fingerprint density at radius 1 is 1.00 bits per heavy atom. The Hall–Kier alpha value is -3.29. The van der Waals surface area contributed by atoms with Gasteiger partial charge in [0.05, 0.1) is 6.61 Å². The fourth-order valence-electron chi connectivity index (χ4n) is 2.33. The molecule has 2 aromatic rings. The van der Waals surface area contributed by atoms with Crippen LogP contribution in [0.15, 0.2) is 66.8 Å². The van der Waals surface area contributed by atoms with Crippen LogP contribution in [0.2, 0.25) is 0 Å². The summed E-state index contributed by atoms with van der Waals surface area (Å²) in [5.74, 6) is -1.33. The molecule has 0 spiro atoms. The van der Waals surface area contributed by atoms with E-state index in [-0.39, 0.29) is 29.9 Å². The smallest absolute Gasteiger partial charge is 0.338 e.